The molecule has 2 heterocycles. The third-order valence-corrected chi connectivity index (χ3v) is 3.84. The summed E-state index contributed by atoms with van der Waals surface area (Å²) in [6, 6.07) is 14.3. The fraction of sp³-hybridized carbons (Fsp3) is 0.125. The van der Waals surface area contributed by atoms with E-state index in [0.717, 1.165) is 32.6 Å². The molecular formula is C16H12BrN3. The second-order valence-electron chi connectivity index (χ2n) is 4.63. The number of aryl methyl sites for hydroxylation is 1. The fourth-order valence-electron chi connectivity index (χ4n) is 2.34. The molecule has 0 fully saturated rings. The van der Waals surface area contributed by atoms with Crippen LogP contribution in [0.25, 0.3) is 16.9 Å². The van der Waals surface area contributed by atoms with E-state index in [4.69, 9.17) is 10.2 Å². The molecule has 98 valence electrons. The van der Waals surface area contributed by atoms with Crippen molar-refractivity contribution in [3.8, 4) is 17.3 Å². The Hall–Kier alpha value is -2.12. The fourth-order valence-corrected chi connectivity index (χ4v) is 2.60. The lowest BCUT2D eigenvalue weighted by atomic mass is 10.1. The summed E-state index contributed by atoms with van der Waals surface area (Å²) in [5.41, 5.74) is 4.87. The highest BCUT2D eigenvalue weighted by Crippen LogP contribution is 2.27. The molecule has 0 spiro atoms. The zero-order valence-electron chi connectivity index (χ0n) is 11.0. The predicted molar refractivity (Wildman–Crippen MR) is 82.4 cm³/mol. The molecule has 0 aliphatic carbocycles. The van der Waals surface area contributed by atoms with Gasteiger partial charge in [0.1, 0.15) is 5.65 Å². The quantitative estimate of drug-likeness (QED) is 0.710. The molecule has 0 atom stereocenters. The van der Waals surface area contributed by atoms with Gasteiger partial charge in [0.15, 0.2) is 0 Å². The number of nitrogens with zero attached hydrogens (tertiary/aromatic N) is 3. The molecule has 0 radical (unpaired) electrons. The van der Waals surface area contributed by atoms with Crippen molar-refractivity contribution in [2.24, 2.45) is 0 Å². The Bertz CT molecular complexity index is 810. The Kier molecular flexibility index (Phi) is 3.29. The van der Waals surface area contributed by atoms with E-state index in [1.807, 2.05) is 53.9 Å². The monoisotopic (exact) mass is 325 g/mol. The number of fused-ring (bicyclic) bond motifs is 1. The number of pyridine rings is 1. The Morgan fingerprint density at radius 2 is 2.00 bits per heavy atom. The summed E-state index contributed by atoms with van der Waals surface area (Å²) in [5, 5.41) is 9.08. The van der Waals surface area contributed by atoms with Crippen molar-refractivity contribution in [3.05, 3.63) is 58.3 Å². The lowest BCUT2D eigenvalue weighted by Gasteiger charge is -2.02. The summed E-state index contributed by atoms with van der Waals surface area (Å²) >= 11 is 3.44. The molecule has 3 aromatic rings. The molecule has 4 heteroatoms. The maximum Gasteiger partial charge on any atom is 0.140 e. The van der Waals surface area contributed by atoms with Crippen LogP contribution in [0.4, 0.5) is 0 Å². The molecule has 0 N–H and O–H groups in total. The van der Waals surface area contributed by atoms with E-state index in [9.17, 15) is 0 Å². The number of rotatable bonds is 2. The molecule has 0 bridgehead atoms. The van der Waals surface area contributed by atoms with Gasteiger partial charge in [-0.2, -0.15) is 5.26 Å². The molecule has 0 aliphatic heterocycles. The van der Waals surface area contributed by atoms with Crippen LogP contribution < -0.4 is 0 Å². The van der Waals surface area contributed by atoms with Crippen molar-refractivity contribution in [2.45, 2.75) is 13.3 Å². The smallest absolute Gasteiger partial charge is 0.140 e. The van der Waals surface area contributed by atoms with Gasteiger partial charge in [-0.05, 0) is 30.7 Å². The number of hydrogen-bond acceptors (Lipinski definition) is 2. The third-order valence-electron chi connectivity index (χ3n) is 3.31. The van der Waals surface area contributed by atoms with Crippen LogP contribution in [0.15, 0.2) is 47.1 Å². The summed E-state index contributed by atoms with van der Waals surface area (Å²) < 4.78 is 3.04. The van der Waals surface area contributed by atoms with E-state index in [-0.39, 0.29) is 0 Å². The van der Waals surface area contributed by atoms with Crippen molar-refractivity contribution in [2.75, 3.05) is 0 Å². The molecule has 0 unspecified atom stereocenters. The predicted octanol–water partition coefficient (Wildman–Crippen LogP) is 4.14. The second kappa shape index (κ2) is 5.10. The van der Waals surface area contributed by atoms with Gasteiger partial charge in [-0.1, -0.05) is 34.1 Å². The minimum absolute atomic E-state index is 0.343. The maximum atomic E-state index is 9.08. The van der Waals surface area contributed by atoms with E-state index in [0.29, 0.717) is 6.42 Å². The minimum Gasteiger partial charge on any atom is -0.302 e. The topological polar surface area (TPSA) is 41.1 Å². The first-order valence-corrected chi connectivity index (χ1v) is 7.09. The third kappa shape index (κ3) is 2.10. The van der Waals surface area contributed by atoms with Crippen LogP contribution in [0.2, 0.25) is 0 Å². The highest BCUT2D eigenvalue weighted by atomic mass is 79.9. The van der Waals surface area contributed by atoms with Crippen LogP contribution >= 0.6 is 15.9 Å². The lowest BCUT2D eigenvalue weighted by molar-refractivity contribution is 1.05. The maximum absolute atomic E-state index is 9.08. The summed E-state index contributed by atoms with van der Waals surface area (Å²) in [6.45, 7) is 2.03. The van der Waals surface area contributed by atoms with E-state index in [1.54, 1.807) is 0 Å². The molecule has 20 heavy (non-hydrogen) atoms. The van der Waals surface area contributed by atoms with Crippen molar-refractivity contribution in [3.63, 3.8) is 0 Å². The zero-order chi connectivity index (χ0) is 14.1. The molecule has 2 aromatic heterocycles. The molecule has 0 saturated carbocycles. The zero-order valence-corrected chi connectivity index (χ0v) is 12.6. The van der Waals surface area contributed by atoms with Crippen molar-refractivity contribution in [1.82, 2.24) is 9.38 Å². The van der Waals surface area contributed by atoms with Gasteiger partial charge >= 0.3 is 0 Å². The first-order chi connectivity index (χ1) is 9.70. The molecular weight excluding hydrogens is 314 g/mol. The second-order valence-corrected chi connectivity index (χ2v) is 5.55. The minimum atomic E-state index is 0.343. The van der Waals surface area contributed by atoms with E-state index >= 15 is 0 Å². The number of nitriles is 1. The average molecular weight is 326 g/mol. The Morgan fingerprint density at radius 1 is 1.25 bits per heavy atom. The highest BCUT2D eigenvalue weighted by molar-refractivity contribution is 9.10. The van der Waals surface area contributed by atoms with Crippen LogP contribution in [-0.2, 0) is 6.42 Å². The van der Waals surface area contributed by atoms with Gasteiger partial charge in [-0.15, -0.1) is 0 Å². The van der Waals surface area contributed by atoms with Gasteiger partial charge in [-0.25, -0.2) is 4.98 Å². The molecule has 3 rings (SSSR count). The number of benzene rings is 1. The van der Waals surface area contributed by atoms with Crippen LogP contribution in [-0.4, -0.2) is 9.38 Å². The molecule has 0 aliphatic rings. The van der Waals surface area contributed by atoms with Gasteiger partial charge in [0, 0.05) is 16.2 Å². The van der Waals surface area contributed by atoms with Gasteiger partial charge in [0.25, 0.3) is 0 Å². The number of imidazole rings is 1. The van der Waals surface area contributed by atoms with Crippen LogP contribution in [0.3, 0.4) is 0 Å². The van der Waals surface area contributed by atoms with Gasteiger partial charge < -0.3 is 4.40 Å². The average Bonchev–Trinajstić information content (AvgIpc) is 2.81. The first kappa shape index (κ1) is 12.9. The number of halogens is 1. The van der Waals surface area contributed by atoms with E-state index in [1.165, 1.54) is 0 Å². The molecule has 3 nitrogen and oxygen atoms in total. The lowest BCUT2D eigenvalue weighted by Crippen LogP contribution is -1.93. The molecule has 0 amide bonds. The van der Waals surface area contributed by atoms with Gasteiger partial charge in [0.05, 0.1) is 23.9 Å². The Morgan fingerprint density at radius 3 is 2.70 bits per heavy atom. The largest absolute Gasteiger partial charge is 0.302 e. The van der Waals surface area contributed by atoms with Crippen LogP contribution in [0.5, 0.6) is 0 Å². The number of aromatic nitrogens is 2. The normalized spacial score (nSPS) is 10.7. The summed E-state index contributed by atoms with van der Waals surface area (Å²) in [4.78, 5) is 4.73. The van der Waals surface area contributed by atoms with Crippen molar-refractivity contribution in [1.29, 1.82) is 5.26 Å². The number of hydrogen-bond donors (Lipinski definition) is 0. The Balaban J connectivity index is 2.29. The van der Waals surface area contributed by atoms with Crippen molar-refractivity contribution >= 4 is 21.6 Å². The molecule has 1 aromatic carbocycles. The van der Waals surface area contributed by atoms with Gasteiger partial charge in [-0.3, -0.25) is 0 Å². The van der Waals surface area contributed by atoms with Crippen molar-refractivity contribution < 1.29 is 0 Å². The summed E-state index contributed by atoms with van der Waals surface area (Å²) in [7, 11) is 0. The SMILES string of the molecule is Cc1cccn2c(CC#N)c(-c3ccc(Br)cc3)nc12. The van der Waals surface area contributed by atoms with Gasteiger partial charge in [0.2, 0.25) is 0 Å². The molecule has 0 saturated heterocycles. The van der Waals surface area contributed by atoms with E-state index in [2.05, 4.69) is 22.0 Å². The standard InChI is InChI=1S/C16H12BrN3/c1-11-3-2-10-20-14(8-9-18)15(19-16(11)20)12-4-6-13(17)7-5-12/h2-7,10H,8H2,1H3. The highest BCUT2D eigenvalue weighted by Gasteiger charge is 2.14. The summed E-state index contributed by atoms with van der Waals surface area (Å²) in [5.74, 6) is 0. The Labute approximate surface area is 125 Å². The van der Waals surface area contributed by atoms with E-state index < -0.39 is 0 Å². The summed E-state index contributed by atoms with van der Waals surface area (Å²) in [6.07, 6.45) is 2.31. The van der Waals surface area contributed by atoms with Crippen LogP contribution in [0.1, 0.15) is 11.3 Å². The van der Waals surface area contributed by atoms with Crippen LogP contribution in [0, 0.1) is 18.3 Å². The first-order valence-electron chi connectivity index (χ1n) is 6.30.